The summed E-state index contributed by atoms with van der Waals surface area (Å²) in [4.78, 5) is 16.3. The van der Waals surface area contributed by atoms with E-state index < -0.39 is 0 Å². The average Bonchev–Trinajstić information content (AvgIpc) is 3.05. The van der Waals surface area contributed by atoms with Gasteiger partial charge in [0.05, 0.1) is 12.1 Å². The third-order valence-electron chi connectivity index (χ3n) is 4.84. The van der Waals surface area contributed by atoms with Gasteiger partial charge in [0.2, 0.25) is 5.16 Å². The highest BCUT2D eigenvalue weighted by atomic mass is 32.2. The van der Waals surface area contributed by atoms with Gasteiger partial charge in [-0.1, -0.05) is 59.8 Å². The lowest BCUT2D eigenvalue weighted by Gasteiger charge is -2.08. The number of hydrogen-bond donors (Lipinski definition) is 0. The zero-order chi connectivity index (χ0) is 20.9. The summed E-state index contributed by atoms with van der Waals surface area (Å²) in [6, 6.07) is 16.7. The Morgan fingerprint density at radius 1 is 1.13 bits per heavy atom. The number of esters is 1. The Kier molecular flexibility index (Phi) is 6.28. The number of aromatic nitrogens is 4. The van der Waals surface area contributed by atoms with Crippen LogP contribution in [0.1, 0.15) is 30.9 Å². The van der Waals surface area contributed by atoms with Gasteiger partial charge in [-0.05, 0) is 31.9 Å². The first-order chi connectivity index (χ1) is 14.7. The Balaban J connectivity index is 1.61. The molecule has 0 fully saturated rings. The van der Waals surface area contributed by atoms with Gasteiger partial charge < -0.3 is 9.30 Å². The molecule has 2 heterocycles. The predicted octanol–water partition coefficient (Wildman–Crippen LogP) is 4.77. The van der Waals surface area contributed by atoms with Crippen molar-refractivity contribution in [1.29, 1.82) is 0 Å². The summed E-state index contributed by atoms with van der Waals surface area (Å²) in [6.45, 7) is 5.06. The summed E-state index contributed by atoms with van der Waals surface area (Å²) in [5.74, 6) is 0.579. The van der Waals surface area contributed by atoms with Crippen molar-refractivity contribution in [2.75, 3.05) is 12.4 Å². The van der Waals surface area contributed by atoms with Crippen LogP contribution < -0.4 is 0 Å². The molecular formula is C23H24N4O2S. The fourth-order valence-electron chi connectivity index (χ4n) is 3.52. The molecule has 0 bridgehead atoms. The molecule has 0 amide bonds. The molecule has 2 aromatic heterocycles. The maximum Gasteiger partial charge on any atom is 0.305 e. The smallest absolute Gasteiger partial charge is 0.305 e. The molecule has 0 saturated heterocycles. The van der Waals surface area contributed by atoms with Crippen molar-refractivity contribution in [3.8, 4) is 0 Å². The molecule has 0 radical (unpaired) electrons. The van der Waals surface area contributed by atoms with Crippen molar-refractivity contribution in [3.63, 3.8) is 0 Å². The van der Waals surface area contributed by atoms with Gasteiger partial charge in [0.1, 0.15) is 5.52 Å². The molecule has 0 N–H and O–H groups in total. The van der Waals surface area contributed by atoms with Gasteiger partial charge in [0.25, 0.3) is 0 Å². The minimum Gasteiger partial charge on any atom is -0.466 e. The summed E-state index contributed by atoms with van der Waals surface area (Å²) >= 11 is 1.52. The second-order valence-corrected chi connectivity index (χ2v) is 8.18. The number of fused-ring (bicyclic) bond motifs is 3. The number of benzene rings is 2. The zero-order valence-corrected chi connectivity index (χ0v) is 18.0. The van der Waals surface area contributed by atoms with Crippen molar-refractivity contribution >= 4 is 39.8 Å². The van der Waals surface area contributed by atoms with Crippen LogP contribution in [0.5, 0.6) is 0 Å². The number of thioether (sulfide) groups is 1. The summed E-state index contributed by atoms with van der Waals surface area (Å²) < 4.78 is 7.18. The third-order valence-corrected chi connectivity index (χ3v) is 5.76. The van der Waals surface area contributed by atoms with E-state index in [0.29, 0.717) is 18.2 Å². The summed E-state index contributed by atoms with van der Waals surface area (Å²) in [5.41, 5.74) is 5.20. The molecule has 0 aliphatic carbocycles. The second-order valence-electron chi connectivity index (χ2n) is 7.12. The molecule has 2 aromatic carbocycles. The van der Waals surface area contributed by atoms with Crippen molar-refractivity contribution < 1.29 is 9.53 Å². The number of hydrogen-bond acceptors (Lipinski definition) is 6. The fraction of sp³-hybridized carbons (Fsp3) is 0.304. The fourth-order valence-corrected chi connectivity index (χ4v) is 4.24. The Labute approximate surface area is 179 Å². The molecule has 30 heavy (non-hydrogen) atoms. The number of carbonyl (C=O) groups excluding carboxylic acids is 1. The topological polar surface area (TPSA) is 69.9 Å². The second kappa shape index (κ2) is 9.26. The van der Waals surface area contributed by atoms with Crippen molar-refractivity contribution in [1.82, 2.24) is 19.7 Å². The Morgan fingerprint density at radius 2 is 2.00 bits per heavy atom. The van der Waals surface area contributed by atoms with Crippen LogP contribution >= 0.6 is 11.8 Å². The molecule has 0 atom stereocenters. The first-order valence-electron chi connectivity index (χ1n) is 10.1. The number of rotatable bonds is 8. The molecule has 154 valence electrons. The standard InChI is InChI=1S/C23H24N4O2S/c1-3-29-20(28)12-7-13-30-23-24-22-21(25-26-23)18-10-4-5-11-19(18)27(22)15-17-9-6-8-16(2)14-17/h4-6,8-11,14H,3,7,12-13,15H2,1-2H3. The van der Waals surface area contributed by atoms with Gasteiger partial charge in [0, 0.05) is 24.1 Å². The Hall–Kier alpha value is -2.93. The monoisotopic (exact) mass is 420 g/mol. The van der Waals surface area contributed by atoms with E-state index in [4.69, 9.17) is 9.72 Å². The molecule has 0 unspecified atom stereocenters. The maximum atomic E-state index is 11.5. The van der Waals surface area contributed by atoms with E-state index >= 15 is 0 Å². The largest absolute Gasteiger partial charge is 0.466 e. The van der Waals surface area contributed by atoms with E-state index in [2.05, 4.69) is 58.1 Å². The van der Waals surface area contributed by atoms with Crippen LogP contribution in [-0.4, -0.2) is 38.1 Å². The van der Waals surface area contributed by atoms with E-state index in [1.807, 2.05) is 19.1 Å². The van der Waals surface area contributed by atoms with E-state index in [1.54, 1.807) is 0 Å². The minimum absolute atomic E-state index is 0.161. The first kappa shape index (κ1) is 20.3. The Bertz CT molecular complexity index is 1190. The molecule has 4 rings (SSSR count). The zero-order valence-electron chi connectivity index (χ0n) is 17.2. The lowest BCUT2D eigenvalue weighted by Crippen LogP contribution is -2.04. The van der Waals surface area contributed by atoms with Crippen molar-refractivity contribution in [3.05, 3.63) is 59.7 Å². The summed E-state index contributed by atoms with van der Waals surface area (Å²) in [5, 5.41) is 10.5. The van der Waals surface area contributed by atoms with Gasteiger partial charge in [-0.2, -0.15) is 0 Å². The van der Waals surface area contributed by atoms with Crippen molar-refractivity contribution in [2.45, 2.75) is 38.4 Å². The van der Waals surface area contributed by atoms with Gasteiger partial charge in [0.15, 0.2) is 5.65 Å². The van der Waals surface area contributed by atoms with Crippen LogP contribution in [0.25, 0.3) is 22.1 Å². The van der Waals surface area contributed by atoms with Crippen LogP contribution in [-0.2, 0) is 16.1 Å². The highest BCUT2D eigenvalue weighted by Crippen LogP contribution is 2.28. The lowest BCUT2D eigenvalue weighted by molar-refractivity contribution is -0.143. The summed E-state index contributed by atoms with van der Waals surface area (Å²) in [7, 11) is 0. The van der Waals surface area contributed by atoms with Crippen LogP contribution in [0.4, 0.5) is 0 Å². The van der Waals surface area contributed by atoms with E-state index in [-0.39, 0.29) is 5.97 Å². The number of aryl methyl sites for hydroxylation is 1. The van der Waals surface area contributed by atoms with Gasteiger partial charge in [-0.25, -0.2) is 4.98 Å². The van der Waals surface area contributed by atoms with Gasteiger partial charge in [-0.15, -0.1) is 10.2 Å². The normalized spacial score (nSPS) is 11.3. The SMILES string of the molecule is CCOC(=O)CCCSc1nnc2c3ccccc3n(Cc3cccc(C)c3)c2n1. The Morgan fingerprint density at radius 3 is 2.83 bits per heavy atom. The quantitative estimate of drug-likeness (QED) is 0.232. The number of carbonyl (C=O) groups is 1. The summed E-state index contributed by atoms with van der Waals surface area (Å²) in [6.07, 6.45) is 1.13. The van der Waals surface area contributed by atoms with Gasteiger partial charge in [-0.3, -0.25) is 4.79 Å². The average molecular weight is 421 g/mol. The number of para-hydroxylation sites is 1. The van der Waals surface area contributed by atoms with Crippen LogP contribution in [0, 0.1) is 6.92 Å². The molecule has 7 heteroatoms. The lowest BCUT2D eigenvalue weighted by atomic mass is 10.1. The molecule has 4 aromatic rings. The molecule has 0 saturated carbocycles. The van der Waals surface area contributed by atoms with Crippen LogP contribution in [0.2, 0.25) is 0 Å². The molecule has 0 aliphatic rings. The highest BCUT2D eigenvalue weighted by molar-refractivity contribution is 7.99. The molecular weight excluding hydrogens is 396 g/mol. The van der Waals surface area contributed by atoms with E-state index in [1.165, 1.54) is 22.9 Å². The molecule has 0 aliphatic heterocycles. The van der Waals surface area contributed by atoms with Crippen LogP contribution in [0.15, 0.2) is 53.7 Å². The van der Waals surface area contributed by atoms with Crippen LogP contribution in [0.3, 0.4) is 0 Å². The highest BCUT2D eigenvalue weighted by Gasteiger charge is 2.15. The van der Waals surface area contributed by atoms with Gasteiger partial charge >= 0.3 is 5.97 Å². The molecule has 0 spiro atoms. The first-order valence-corrected chi connectivity index (χ1v) is 11.1. The third kappa shape index (κ3) is 4.46. The van der Waals surface area contributed by atoms with E-state index in [9.17, 15) is 4.79 Å². The van der Waals surface area contributed by atoms with Crippen molar-refractivity contribution in [2.24, 2.45) is 0 Å². The predicted molar refractivity (Wildman–Crippen MR) is 120 cm³/mol. The maximum absolute atomic E-state index is 11.5. The number of nitrogens with zero attached hydrogens (tertiary/aromatic N) is 4. The molecule has 6 nitrogen and oxygen atoms in total. The minimum atomic E-state index is -0.161. The van der Waals surface area contributed by atoms with E-state index in [0.717, 1.165) is 40.8 Å². The number of ether oxygens (including phenoxy) is 1.